The predicted molar refractivity (Wildman–Crippen MR) is 122 cm³/mol. The molecule has 2 aliphatic rings. The third-order valence-electron chi connectivity index (χ3n) is 6.88. The maximum Gasteiger partial charge on any atom is 0.260 e. The molecule has 2 aromatic rings. The second kappa shape index (κ2) is 9.89. The van der Waals surface area contributed by atoms with Crippen LogP contribution in [-0.4, -0.2) is 82.3 Å². The Kier molecular flexibility index (Phi) is 6.95. The van der Waals surface area contributed by atoms with Crippen molar-refractivity contribution in [2.24, 2.45) is 5.41 Å². The number of carbonyl (C=O) groups is 2. The Bertz CT molecular complexity index is 975. The van der Waals surface area contributed by atoms with Gasteiger partial charge in [-0.05, 0) is 48.4 Å². The molecule has 1 aromatic carbocycles. The number of rotatable bonds is 1. The van der Waals surface area contributed by atoms with E-state index >= 15 is 0 Å². The van der Waals surface area contributed by atoms with E-state index in [4.69, 9.17) is 4.74 Å². The van der Waals surface area contributed by atoms with E-state index in [0.717, 1.165) is 5.56 Å². The van der Waals surface area contributed by atoms with E-state index in [-0.39, 0.29) is 24.8 Å². The molecule has 0 saturated carbocycles. The lowest BCUT2D eigenvalue weighted by molar-refractivity contribution is -0.135. The van der Waals surface area contributed by atoms with E-state index in [0.29, 0.717) is 50.2 Å². The smallest absolute Gasteiger partial charge is 0.260 e. The largest absolute Gasteiger partial charge is 0.483 e. The van der Waals surface area contributed by atoms with Crippen molar-refractivity contribution in [1.82, 2.24) is 14.8 Å². The van der Waals surface area contributed by atoms with Crippen LogP contribution in [0.25, 0.3) is 0 Å². The van der Waals surface area contributed by atoms with Gasteiger partial charge < -0.3 is 24.7 Å². The first kappa shape index (κ1) is 23.2. The summed E-state index contributed by atoms with van der Waals surface area (Å²) in [6.07, 6.45) is 3.14. The van der Waals surface area contributed by atoms with Crippen LogP contribution in [0.4, 0.5) is 0 Å². The molecule has 8 nitrogen and oxygen atoms in total. The van der Waals surface area contributed by atoms with Gasteiger partial charge in [0.2, 0.25) is 0 Å². The van der Waals surface area contributed by atoms with Crippen LogP contribution in [-0.2, 0) is 11.2 Å². The molecule has 2 aliphatic heterocycles. The van der Waals surface area contributed by atoms with Gasteiger partial charge in [-0.25, -0.2) is 0 Å². The number of aliphatic hydroxyl groups excluding tert-OH is 2. The highest BCUT2D eigenvalue weighted by atomic mass is 16.5. The molecule has 1 saturated heterocycles. The molecule has 3 heterocycles. The van der Waals surface area contributed by atoms with Crippen LogP contribution >= 0.6 is 0 Å². The molecule has 0 bridgehead atoms. The zero-order valence-corrected chi connectivity index (χ0v) is 18.9. The van der Waals surface area contributed by atoms with Crippen molar-refractivity contribution >= 4 is 11.8 Å². The second-order valence-corrected chi connectivity index (χ2v) is 9.22. The molecule has 1 aromatic heterocycles. The lowest BCUT2D eigenvalue weighted by atomic mass is 9.72. The van der Waals surface area contributed by atoms with Crippen LogP contribution in [0.15, 0.2) is 48.8 Å². The number of piperidine rings is 1. The van der Waals surface area contributed by atoms with Gasteiger partial charge in [-0.15, -0.1) is 0 Å². The van der Waals surface area contributed by atoms with Gasteiger partial charge in [0.25, 0.3) is 11.8 Å². The number of pyridine rings is 1. The van der Waals surface area contributed by atoms with Crippen molar-refractivity contribution in [3.63, 3.8) is 0 Å². The fourth-order valence-electron chi connectivity index (χ4n) is 4.88. The fraction of sp³-hybridized carbons (Fsp3) is 0.480. The molecule has 0 aliphatic carbocycles. The fourth-order valence-corrected chi connectivity index (χ4v) is 4.88. The van der Waals surface area contributed by atoms with Crippen molar-refractivity contribution < 1.29 is 24.5 Å². The Labute approximate surface area is 193 Å². The van der Waals surface area contributed by atoms with E-state index in [1.54, 1.807) is 47.4 Å². The average Bonchev–Trinajstić information content (AvgIpc) is 2.83. The van der Waals surface area contributed by atoms with Crippen molar-refractivity contribution in [2.75, 3.05) is 33.3 Å². The number of likely N-dealkylation sites (tertiary alicyclic amines) is 1. The number of benzene rings is 1. The molecule has 33 heavy (non-hydrogen) atoms. The summed E-state index contributed by atoms with van der Waals surface area (Å²) >= 11 is 0. The number of amides is 2. The van der Waals surface area contributed by atoms with Crippen LogP contribution in [0.5, 0.6) is 5.75 Å². The normalized spacial score (nSPS) is 23.8. The Morgan fingerprint density at radius 2 is 1.79 bits per heavy atom. The van der Waals surface area contributed by atoms with E-state index in [2.05, 4.69) is 4.98 Å². The van der Waals surface area contributed by atoms with Crippen molar-refractivity contribution in [3.05, 3.63) is 59.9 Å². The summed E-state index contributed by atoms with van der Waals surface area (Å²) in [4.78, 5) is 33.1. The number of para-hydroxylation sites is 1. The molecule has 2 N–H and O–H groups in total. The monoisotopic (exact) mass is 453 g/mol. The molecule has 2 atom stereocenters. The SMILES string of the molecule is CN1CC2(CCN(C(=O)c3ccncc3)CC2)C[C@@H](O)[C@@H](O)Cc2ccccc2OCC1=O. The number of hydrogen-bond acceptors (Lipinski definition) is 6. The zero-order valence-electron chi connectivity index (χ0n) is 18.9. The summed E-state index contributed by atoms with van der Waals surface area (Å²) in [5, 5.41) is 21.7. The Morgan fingerprint density at radius 3 is 2.52 bits per heavy atom. The quantitative estimate of drug-likeness (QED) is 0.679. The van der Waals surface area contributed by atoms with Crippen molar-refractivity contribution in [3.8, 4) is 5.75 Å². The number of likely N-dealkylation sites (N-methyl/N-ethyl adjacent to an activating group) is 1. The number of ether oxygens (including phenoxy) is 1. The number of nitrogens with zero attached hydrogens (tertiary/aromatic N) is 3. The highest BCUT2D eigenvalue weighted by Gasteiger charge is 2.41. The van der Waals surface area contributed by atoms with Crippen LogP contribution in [0.1, 0.15) is 35.2 Å². The number of hydrogen-bond donors (Lipinski definition) is 2. The van der Waals surface area contributed by atoms with E-state index in [1.165, 1.54) is 0 Å². The maximum atomic E-state index is 12.9. The Morgan fingerprint density at radius 1 is 1.09 bits per heavy atom. The van der Waals surface area contributed by atoms with Gasteiger partial charge in [-0.1, -0.05) is 18.2 Å². The molecule has 176 valence electrons. The summed E-state index contributed by atoms with van der Waals surface area (Å²) < 4.78 is 5.76. The number of carbonyl (C=O) groups excluding carboxylic acids is 2. The molecular formula is C25H31N3O5. The first-order valence-electron chi connectivity index (χ1n) is 11.4. The van der Waals surface area contributed by atoms with E-state index < -0.39 is 17.6 Å². The van der Waals surface area contributed by atoms with Crippen molar-refractivity contribution in [1.29, 1.82) is 0 Å². The number of aliphatic hydroxyl groups is 2. The lowest BCUT2D eigenvalue weighted by Gasteiger charge is -2.45. The van der Waals surface area contributed by atoms with Gasteiger partial charge in [0, 0.05) is 51.1 Å². The number of fused-ring (bicyclic) bond motifs is 1. The van der Waals surface area contributed by atoms with E-state index in [1.807, 2.05) is 18.2 Å². The zero-order chi connectivity index (χ0) is 23.4. The molecular weight excluding hydrogens is 422 g/mol. The summed E-state index contributed by atoms with van der Waals surface area (Å²) in [6, 6.07) is 10.7. The van der Waals surface area contributed by atoms with Gasteiger partial charge in [-0.2, -0.15) is 0 Å². The Hall–Kier alpha value is -2.97. The summed E-state index contributed by atoms with van der Waals surface area (Å²) in [6.45, 7) is 1.38. The minimum Gasteiger partial charge on any atom is -0.483 e. The van der Waals surface area contributed by atoms with Gasteiger partial charge in [0.15, 0.2) is 6.61 Å². The molecule has 8 heteroatoms. The van der Waals surface area contributed by atoms with Crippen molar-refractivity contribution in [2.45, 2.75) is 37.9 Å². The third kappa shape index (κ3) is 5.34. The average molecular weight is 454 g/mol. The van der Waals surface area contributed by atoms with Crippen LogP contribution in [0.3, 0.4) is 0 Å². The van der Waals surface area contributed by atoms with Gasteiger partial charge >= 0.3 is 0 Å². The maximum absolute atomic E-state index is 12.9. The molecule has 0 radical (unpaired) electrons. The van der Waals surface area contributed by atoms with Gasteiger partial charge in [0.1, 0.15) is 5.75 Å². The van der Waals surface area contributed by atoms with Gasteiger partial charge in [-0.3, -0.25) is 14.6 Å². The third-order valence-corrected chi connectivity index (χ3v) is 6.88. The summed E-state index contributed by atoms with van der Waals surface area (Å²) in [5.74, 6) is 0.356. The van der Waals surface area contributed by atoms with Gasteiger partial charge in [0.05, 0.1) is 12.2 Å². The number of aromatic nitrogens is 1. The van der Waals surface area contributed by atoms with Crippen LogP contribution in [0, 0.1) is 5.41 Å². The summed E-state index contributed by atoms with van der Waals surface area (Å²) in [5.41, 5.74) is 0.948. The minimum absolute atomic E-state index is 0.0459. The lowest BCUT2D eigenvalue weighted by Crippen LogP contribution is -2.51. The first-order chi connectivity index (χ1) is 15.9. The molecule has 0 unspecified atom stereocenters. The van der Waals surface area contributed by atoms with Crippen LogP contribution < -0.4 is 4.74 Å². The second-order valence-electron chi connectivity index (χ2n) is 9.22. The molecule has 2 amide bonds. The Balaban J connectivity index is 1.52. The standard InChI is InChI=1S/C25H31N3O5/c1-27-17-25(8-12-28(13-9-25)24(32)18-6-10-26-11-7-18)15-21(30)20(29)14-19-4-2-3-5-22(19)33-16-23(27)31/h2-7,10-11,20-21,29-30H,8-9,12-17H2,1H3/t20-,21+/m0/s1. The predicted octanol–water partition coefficient (Wildman–Crippen LogP) is 1.51. The topological polar surface area (TPSA) is 103 Å². The first-order valence-corrected chi connectivity index (χ1v) is 11.4. The van der Waals surface area contributed by atoms with Crippen LogP contribution in [0.2, 0.25) is 0 Å². The highest BCUT2D eigenvalue weighted by Crippen LogP contribution is 2.38. The summed E-state index contributed by atoms with van der Waals surface area (Å²) in [7, 11) is 1.74. The molecule has 4 rings (SSSR count). The van der Waals surface area contributed by atoms with E-state index in [9.17, 15) is 19.8 Å². The molecule has 1 spiro atoms. The minimum atomic E-state index is -0.955. The highest BCUT2D eigenvalue weighted by molar-refractivity contribution is 5.94. The molecule has 1 fully saturated rings.